The summed E-state index contributed by atoms with van der Waals surface area (Å²) in [5.74, 6) is 0. The number of nitrogens with zero attached hydrogens (tertiary/aromatic N) is 1. The van der Waals surface area contributed by atoms with Crippen molar-refractivity contribution in [3.63, 3.8) is 0 Å². The first-order valence-electron chi connectivity index (χ1n) is 4.47. The lowest BCUT2D eigenvalue weighted by atomic mass is 10.2. The van der Waals surface area contributed by atoms with Crippen LogP contribution in [0.25, 0.3) is 0 Å². The molecule has 1 aliphatic heterocycles. The van der Waals surface area contributed by atoms with E-state index >= 15 is 0 Å². The summed E-state index contributed by atoms with van der Waals surface area (Å²) in [6, 6.07) is 10.6. The molecule has 3 N–H and O–H groups in total. The number of anilines is 1. The van der Waals surface area contributed by atoms with Crippen molar-refractivity contribution in [2.24, 2.45) is 0 Å². The zero-order valence-electron chi connectivity index (χ0n) is 9.70. The lowest BCUT2D eigenvalue weighted by molar-refractivity contribution is 0.589. The third-order valence-electron chi connectivity index (χ3n) is 2.24. The highest BCUT2D eigenvalue weighted by atomic mass is 79.9. The number of para-hydroxylation sites is 1. The molecule has 3 nitrogen and oxygen atoms in total. The SMILES string of the molecule is Br.Br.Br.Br.Br.O.c1ccc(N2CCNCC2)cc1. The Hall–Kier alpha value is 1.34. The van der Waals surface area contributed by atoms with E-state index in [0.717, 1.165) is 26.2 Å². The average molecular weight is 585 g/mol. The molecule has 0 aliphatic carbocycles. The van der Waals surface area contributed by atoms with Gasteiger partial charge >= 0.3 is 0 Å². The molecule has 0 radical (unpaired) electrons. The van der Waals surface area contributed by atoms with E-state index in [0.29, 0.717) is 0 Å². The summed E-state index contributed by atoms with van der Waals surface area (Å²) in [5, 5.41) is 3.34. The standard InChI is InChI=1S/C10H14N2.5BrH.H2O/c1-2-4-10(5-3-1)12-8-6-11-7-9-12;;;;;;/h1-5,11H,6-9H2;5*1H;1H2. The molecule has 112 valence electrons. The van der Waals surface area contributed by atoms with E-state index in [4.69, 9.17) is 0 Å². The minimum absolute atomic E-state index is 0. The fraction of sp³-hybridized carbons (Fsp3) is 0.400. The average Bonchev–Trinajstić information content (AvgIpc) is 2.21. The molecule has 1 fully saturated rings. The van der Waals surface area contributed by atoms with Gasteiger partial charge in [0.05, 0.1) is 0 Å². The quantitative estimate of drug-likeness (QED) is 0.552. The molecule has 0 aromatic heterocycles. The summed E-state index contributed by atoms with van der Waals surface area (Å²) in [6.07, 6.45) is 0. The summed E-state index contributed by atoms with van der Waals surface area (Å²) < 4.78 is 0. The number of nitrogens with one attached hydrogen (secondary N) is 1. The highest BCUT2D eigenvalue weighted by Gasteiger charge is 2.08. The molecule has 0 atom stereocenters. The Balaban J connectivity index is -0.0000000939. The van der Waals surface area contributed by atoms with Gasteiger partial charge in [-0.3, -0.25) is 0 Å². The van der Waals surface area contributed by atoms with Crippen LogP contribution in [0.3, 0.4) is 0 Å². The summed E-state index contributed by atoms with van der Waals surface area (Å²) >= 11 is 0. The van der Waals surface area contributed by atoms with Crippen molar-refractivity contribution in [2.75, 3.05) is 31.1 Å². The highest BCUT2D eigenvalue weighted by Crippen LogP contribution is 2.12. The summed E-state index contributed by atoms with van der Waals surface area (Å²) in [4.78, 5) is 2.41. The lowest BCUT2D eigenvalue weighted by Crippen LogP contribution is -2.43. The van der Waals surface area contributed by atoms with Crippen LogP contribution >= 0.6 is 84.9 Å². The maximum atomic E-state index is 3.34. The molecule has 1 aliphatic rings. The number of hydrogen-bond donors (Lipinski definition) is 1. The van der Waals surface area contributed by atoms with Crippen LogP contribution in [-0.4, -0.2) is 31.7 Å². The Morgan fingerprint density at radius 2 is 1.22 bits per heavy atom. The fourth-order valence-electron chi connectivity index (χ4n) is 1.56. The molecule has 8 heteroatoms. The second-order valence-corrected chi connectivity index (χ2v) is 3.07. The Morgan fingerprint density at radius 1 is 0.778 bits per heavy atom. The molecule has 1 heterocycles. The zero-order chi connectivity index (χ0) is 8.23. The molecule has 0 spiro atoms. The predicted octanol–water partition coefficient (Wildman–Crippen LogP) is 3.16. The minimum Gasteiger partial charge on any atom is -0.412 e. The Kier molecular flexibility index (Phi) is 32.2. The fourth-order valence-corrected chi connectivity index (χ4v) is 1.56. The van der Waals surface area contributed by atoms with Crippen LogP contribution in [0.2, 0.25) is 0 Å². The van der Waals surface area contributed by atoms with Crippen molar-refractivity contribution in [1.82, 2.24) is 5.32 Å². The van der Waals surface area contributed by atoms with Crippen LogP contribution in [0, 0.1) is 0 Å². The molecule has 1 aromatic carbocycles. The van der Waals surface area contributed by atoms with Gasteiger partial charge in [-0.25, -0.2) is 0 Å². The maximum Gasteiger partial charge on any atom is 0.0367 e. The first-order valence-corrected chi connectivity index (χ1v) is 4.47. The Morgan fingerprint density at radius 3 is 1.67 bits per heavy atom. The van der Waals surface area contributed by atoms with E-state index < -0.39 is 0 Å². The van der Waals surface area contributed by atoms with E-state index in [1.54, 1.807) is 0 Å². The Bertz CT molecular complexity index is 247. The third kappa shape index (κ3) is 10.2. The first kappa shape index (κ1) is 31.6. The molecule has 2 rings (SSSR count). The monoisotopic (exact) mass is 580 g/mol. The van der Waals surface area contributed by atoms with Gasteiger partial charge in [0, 0.05) is 31.9 Å². The van der Waals surface area contributed by atoms with Crippen LogP contribution < -0.4 is 10.2 Å². The second kappa shape index (κ2) is 18.3. The number of halogens is 5. The van der Waals surface area contributed by atoms with E-state index in [2.05, 4.69) is 40.5 Å². The molecule has 0 unspecified atom stereocenters. The highest BCUT2D eigenvalue weighted by molar-refractivity contribution is 8.93. The van der Waals surface area contributed by atoms with Gasteiger partial charge in [0.15, 0.2) is 0 Å². The van der Waals surface area contributed by atoms with Crippen molar-refractivity contribution in [3.05, 3.63) is 30.3 Å². The van der Waals surface area contributed by atoms with Crippen molar-refractivity contribution >= 4 is 90.6 Å². The number of piperazine rings is 1. The van der Waals surface area contributed by atoms with Crippen molar-refractivity contribution in [2.45, 2.75) is 0 Å². The Labute approximate surface area is 161 Å². The summed E-state index contributed by atoms with van der Waals surface area (Å²) in [5.41, 5.74) is 1.35. The van der Waals surface area contributed by atoms with Gasteiger partial charge in [-0.2, -0.15) is 0 Å². The summed E-state index contributed by atoms with van der Waals surface area (Å²) in [7, 11) is 0. The number of benzene rings is 1. The van der Waals surface area contributed by atoms with Gasteiger partial charge in [-0.15, -0.1) is 84.9 Å². The van der Waals surface area contributed by atoms with Crippen molar-refractivity contribution in [3.8, 4) is 0 Å². The molecular weight excluding hydrogens is 564 g/mol. The van der Waals surface area contributed by atoms with Crippen LogP contribution in [0.5, 0.6) is 0 Å². The van der Waals surface area contributed by atoms with E-state index in [1.165, 1.54) is 5.69 Å². The molecule has 1 aromatic rings. The van der Waals surface area contributed by atoms with Gasteiger partial charge in [0.2, 0.25) is 0 Å². The molecule has 0 bridgehead atoms. The molecule has 18 heavy (non-hydrogen) atoms. The topological polar surface area (TPSA) is 46.8 Å². The van der Waals surface area contributed by atoms with Crippen molar-refractivity contribution < 1.29 is 5.48 Å². The summed E-state index contributed by atoms with van der Waals surface area (Å²) in [6.45, 7) is 4.47. The van der Waals surface area contributed by atoms with Crippen LogP contribution in [0.1, 0.15) is 0 Å². The lowest BCUT2D eigenvalue weighted by Gasteiger charge is -2.29. The zero-order valence-corrected chi connectivity index (χ0v) is 18.3. The van der Waals surface area contributed by atoms with Gasteiger partial charge in [0.25, 0.3) is 0 Å². The van der Waals surface area contributed by atoms with Crippen LogP contribution in [0.15, 0.2) is 30.3 Å². The van der Waals surface area contributed by atoms with Gasteiger partial charge < -0.3 is 15.7 Å². The number of hydrogen-bond acceptors (Lipinski definition) is 2. The predicted molar refractivity (Wildman–Crippen MR) is 107 cm³/mol. The van der Waals surface area contributed by atoms with Crippen LogP contribution in [0.4, 0.5) is 5.69 Å². The largest absolute Gasteiger partial charge is 0.412 e. The maximum absolute atomic E-state index is 3.34. The molecule has 0 saturated carbocycles. The molecular formula is C10H21Br5N2O. The second-order valence-electron chi connectivity index (χ2n) is 3.07. The molecule has 0 amide bonds. The smallest absolute Gasteiger partial charge is 0.0367 e. The normalized spacial score (nSPS) is 11.9. The van der Waals surface area contributed by atoms with Gasteiger partial charge in [-0.1, -0.05) is 18.2 Å². The van der Waals surface area contributed by atoms with Crippen molar-refractivity contribution in [1.29, 1.82) is 0 Å². The van der Waals surface area contributed by atoms with E-state index in [-0.39, 0.29) is 90.4 Å². The van der Waals surface area contributed by atoms with Gasteiger partial charge in [0.1, 0.15) is 0 Å². The van der Waals surface area contributed by atoms with E-state index in [1.807, 2.05) is 0 Å². The number of rotatable bonds is 1. The van der Waals surface area contributed by atoms with Gasteiger partial charge in [-0.05, 0) is 12.1 Å². The van der Waals surface area contributed by atoms with Crippen LogP contribution in [-0.2, 0) is 0 Å². The van der Waals surface area contributed by atoms with E-state index in [9.17, 15) is 0 Å². The molecule has 1 saturated heterocycles. The third-order valence-corrected chi connectivity index (χ3v) is 2.24. The first-order chi connectivity index (χ1) is 5.97. The minimum atomic E-state index is 0.